The largest absolute Gasteiger partial charge is 0.567 e. The van der Waals surface area contributed by atoms with Crippen LogP contribution in [0.15, 0.2) is 12.3 Å². The molecular formula is C4H9FO2Si. The van der Waals surface area contributed by atoms with Crippen molar-refractivity contribution < 1.29 is 13.0 Å². The lowest BCUT2D eigenvalue weighted by molar-refractivity contribution is 0.208. The molecule has 0 bridgehead atoms. The second-order valence-electron chi connectivity index (χ2n) is 1.19. The second-order valence-corrected chi connectivity index (χ2v) is 3.58. The fourth-order valence-corrected chi connectivity index (χ4v) is 0.750. The highest BCUT2D eigenvalue weighted by Crippen LogP contribution is 2.05. The maximum Gasteiger partial charge on any atom is 0.567 e. The minimum absolute atomic E-state index is 1.08. The summed E-state index contributed by atoms with van der Waals surface area (Å²) in [4.78, 5) is 0. The molecule has 0 heterocycles. The minimum Gasteiger partial charge on any atom is -0.371 e. The van der Waals surface area contributed by atoms with E-state index in [1.54, 1.807) is 0 Å². The van der Waals surface area contributed by atoms with Gasteiger partial charge in [0.25, 0.3) is 0 Å². The Morgan fingerprint density at radius 2 is 1.88 bits per heavy atom. The molecule has 8 heavy (non-hydrogen) atoms. The van der Waals surface area contributed by atoms with Crippen LogP contribution in [0.25, 0.3) is 0 Å². The van der Waals surface area contributed by atoms with Gasteiger partial charge in [0.15, 0.2) is 0 Å². The van der Waals surface area contributed by atoms with E-state index in [-0.39, 0.29) is 0 Å². The van der Waals surface area contributed by atoms with E-state index in [2.05, 4.69) is 15.4 Å². The predicted octanol–water partition coefficient (Wildman–Crippen LogP) is 0.913. The van der Waals surface area contributed by atoms with Crippen molar-refractivity contribution in [2.24, 2.45) is 0 Å². The molecule has 0 saturated carbocycles. The average Bonchev–Trinajstić information content (AvgIpc) is 1.87. The number of halogens is 1. The van der Waals surface area contributed by atoms with Crippen LogP contribution in [0.1, 0.15) is 0 Å². The molecule has 0 saturated heterocycles. The maximum absolute atomic E-state index is 12.6. The Labute approximate surface area is 49.3 Å². The van der Waals surface area contributed by atoms with E-state index in [4.69, 9.17) is 0 Å². The number of rotatable bonds is 3. The molecule has 0 aliphatic carbocycles. The number of hydrogen-bond donors (Lipinski definition) is 0. The third kappa shape index (κ3) is 1.73. The zero-order valence-electron chi connectivity index (χ0n) is 4.98. The summed E-state index contributed by atoms with van der Waals surface area (Å²) in [5.41, 5.74) is 1.08. The van der Waals surface area contributed by atoms with E-state index >= 15 is 0 Å². The summed E-state index contributed by atoms with van der Waals surface area (Å²) in [6.07, 6.45) is 0. The van der Waals surface area contributed by atoms with Crippen LogP contribution in [0.4, 0.5) is 4.11 Å². The van der Waals surface area contributed by atoms with Crippen molar-refractivity contribution >= 4 is 8.89 Å². The van der Waals surface area contributed by atoms with Crippen molar-refractivity contribution in [3.8, 4) is 0 Å². The maximum atomic E-state index is 12.6. The summed E-state index contributed by atoms with van der Waals surface area (Å²) in [5, 5.41) is 0. The lowest BCUT2D eigenvalue weighted by Gasteiger charge is -2.10. The van der Waals surface area contributed by atoms with Gasteiger partial charge in [-0.2, -0.15) is 0 Å². The SMILES string of the molecule is C=C[Si](F)(OC)OC. The van der Waals surface area contributed by atoms with Crippen molar-refractivity contribution in [1.82, 2.24) is 0 Å². The summed E-state index contributed by atoms with van der Waals surface area (Å²) in [7, 11) is -0.885. The van der Waals surface area contributed by atoms with E-state index in [1.165, 1.54) is 14.2 Å². The van der Waals surface area contributed by atoms with Gasteiger partial charge in [0.2, 0.25) is 0 Å². The van der Waals surface area contributed by atoms with Gasteiger partial charge in [0.05, 0.1) is 0 Å². The van der Waals surface area contributed by atoms with Crippen LogP contribution in [-0.4, -0.2) is 23.1 Å². The smallest absolute Gasteiger partial charge is 0.371 e. The van der Waals surface area contributed by atoms with Gasteiger partial charge in [0.1, 0.15) is 0 Å². The first-order chi connectivity index (χ1) is 3.68. The van der Waals surface area contributed by atoms with E-state index in [1.807, 2.05) is 0 Å². The summed E-state index contributed by atoms with van der Waals surface area (Å²) >= 11 is 0. The first-order valence-corrected chi connectivity index (χ1v) is 3.88. The predicted molar refractivity (Wildman–Crippen MR) is 31.1 cm³/mol. The van der Waals surface area contributed by atoms with Gasteiger partial charge < -0.3 is 8.85 Å². The van der Waals surface area contributed by atoms with Gasteiger partial charge in [-0.3, -0.25) is 0 Å². The fourth-order valence-electron chi connectivity index (χ4n) is 0.250. The molecule has 0 aliphatic rings. The molecule has 0 N–H and O–H groups in total. The Hall–Kier alpha value is -0.193. The molecule has 4 heteroatoms. The van der Waals surface area contributed by atoms with Crippen LogP contribution in [-0.2, 0) is 8.85 Å². The van der Waals surface area contributed by atoms with E-state index in [9.17, 15) is 4.11 Å². The van der Waals surface area contributed by atoms with E-state index in [0.29, 0.717) is 0 Å². The molecule has 0 aromatic heterocycles. The monoisotopic (exact) mass is 136 g/mol. The summed E-state index contributed by atoms with van der Waals surface area (Å²) in [6, 6.07) is 0. The molecule has 2 nitrogen and oxygen atoms in total. The molecular weight excluding hydrogens is 127 g/mol. The lowest BCUT2D eigenvalue weighted by atomic mass is 11.3. The molecule has 0 aromatic carbocycles. The van der Waals surface area contributed by atoms with Crippen molar-refractivity contribution in [1.29, 1.82) is 0 Å². The fraction of sp³-hybridized carbons (Fsp3) is 0.500. The molecule has 0 unspecified atom stereocenters. The van der Waals surface area contributed by atoms with Crippen molar-refractivity contribution in [3.63, 3.8) is 0 Å². The van der Waals surface area contributed by atoms with Crippen LogP contribution in [0.3, 0.4) is 0 Å². The first-order valence-electron chi connectivity index (χ1n) is 2.11. The third-order valence-corrected chi connectivity index (χ3v) is 2.40. The summed E-state index contributed by atoms with van der Waals surface area (Å²) < 4.78 is 21.3. The molecule has 0 aliphatic heterocycles. The molecule has 0 atom stereocenters. The minimum atomic E-state index is -3.41. The Balaban J connectivity index is 3.76. The Bertz CT molecular complexity index is 82.1. The highest BCUT2D eigenvalue weighted by atomic mass is 28.4. The Kier molecular flexibility index (Phi) is 2.89. The van der Waals surface area contributed by atoms with Crippen LogP contribution >= 0.6 is 0 Å². The standard InChI is InChI=1S/C4H9FO2Si/c1-4-8(5,6-2)7-3/h4H,1H2,2-3H3. The topological polar surface area (TPSA) is 18.5 Å². The average molecular weight is 136 g/mol. The van der Waals surface area contributed by atoms with Crippen molar-refractivity contribution in [2.45, 2.75) is 0 Å². The van der Waals surface area contributed by atoms with Crippen LogP contribution in [0, 0.1) is 0 Å². The highest BCUT2D eigenvalue weighted by Gasteiger charge is 2.32. The molecule has 0 fully saturated rings. The molecule has 0 rings (SSSR count). The quantitative estimate of drug-likeness (QED) is 0.424. The normalized spacial score (nSPS) is 11.4. The van der Waals surface area contributed by atoms with Crippen LogP contribution in [0.2, 0.25) is 0 Å². The molecule has 0 aromatic rings. The van der Waals surface area contributed by atoms with E-state index < -0.39 is 8.89 Å². The summed E-state index contributed by atoms with van der Waals surface area (Å²) in [5.74, 6) is 0. The van der Waals surface area contributed by atoms with Gasteiger partial charge in [-0.1, -0.05) is 6.58 Å². The zero-order valence-corrected chi connectivity index (χ0v) is 5.98. The van der Waals surface area contributed by atoms with Gasteiger partial charge in [-0.05, 0) is 5.70 Å². The van der Waals surface area contributed by atoms with Crippen molar-refractivity contribution in [2.75, 3.05) is 14.2 Å². The first kappa shape index (κ1) is 7.81. The Morgan fingerprint density at radius 3 is 1.88 bits per heavy atom. The molecule has 48 valence electrons. The Morgan fingerprint density at radius 1 is 1.50 bits per heavy atom. The molecule has 0 radical (unpaired) electrons. The van der Waals surface area contributed by atoms with Crippen molar-refractivity contribution in [3.05, 3.63) is 12.3 Å². The third-order valence-electron chi connectivity index (χ3n) is 0.800. The summed E-state index contributed by atoms with van der Waals surface area (Å²) in [6.45, 7) is 3.21. The molecule has 0 spiro atoms. The number of hydrogen-bond acceptors (Lipinski definition) is 2. The van der Waals surface area contributed by atoms with E-state index in [0.717, 1.165) is 5.70 Å². The lowest BCUT2D eigenvalue weighted by Crippen LogP contribution is -2.31. The van der Waals surface area contributed by atoms with Crippen LogP contribution in [0.5, 0.6) is 0 Å². The molecule has 0 amide bonds. The second kappa shape index (κ2) is 2.96. The van der Waals surface area contributed by atoms with Crippen LogP contribution < -0.4 is 0 Å². The highest BCUT2D eigenvalue weighted by molar-refractivity contribution is 6.65. The van der Waals surface area contributed by atoms with Gasteiger partial charge in [-0.25, -0.2) is 4.11 Å². The van der Waals surface area contributed by atoms with Gasteiger partial charge >= 0.3 is 8.89 Å². The van der Waals surface area contributed by atoms with Gasteiger partial charge in [0, 0.05) is 14.2 Å². The zero-order chi connectivity index (χ0) is 6.62. The van der Waals surface area contributed by atoms with Gasteiger partial charge in [-0.15, -0.1) is 0 Å².